The first-order valence-electron chi connectivity index (χ1n) is 7.37. The Morgan fingerprint density at radius 2 is 2.15 bits per heavy atom. The molecule has 0 atom stereocenters. The molecule has 0 saturated carbocycles. The highest BCUT2D eigenvalue weighted by Crippen LogP contribution is 2.21. The van der Waals surface area contributed by atoms with E-state index in [0.29, 0.717) is 11.8 Å². The molecule has 0 spiro atoms. The van der Waals surface area contributed by atoms with Gasteiger partial charge in [-0.25, -0.2) is 13.4 Å². The van der Waals surface area contributed by atoms with E-state index in [4.69, 9.17) is 4.74 Å². The lowest BCUT2D eigenvalue weighted by Gasteiger charge is -1.99. The molecule has 26 heavy (non-hydrogen) atoms. The summed E-state index contributed by atoms with van der Waals surface area (Å²) in [6.45, 7) is 0.591. The minimum atomic E-state index is -3.68. The van der Waals surface area contributed by atoms with Gasteiger partial charge in [-0.1, -0.05) is 0 Å². The molecule has 0 aliphatic carbocycles. The number of hydrogen-bond acceptors (Lipinski definition) is 9. The molecule has 0 aliphatic heterocycles. The van der Waals surface area contributed by atoms with Crippen LogP contribution in [-0.2, 0) is 14.6 Å². The average Bonchev–Trinajstić information content (AvgIpc) is 3.10. The Balaban J connectivity index is 2.29. The van der Waals surface area contributed by atoms with Crippen LogP contribution in [0.25, 0.3) is 11.7 Å². The molecular weight excluding hydrogens is 364 g/mol. The second-order valence-corrected chi connectivity index (χ2v) is 7.30. The van der Waals surface area contributed by atoms with Gasteiger partial charge in [-0.15, -0.1) is 0 Å². The molecular formula is C14H16N6O5S. The maximum Gasteiger partial charge on any atom is 0.252 e. The molecule has 0 unspecified atom stereocenters. The molecule has 3 aromatic heterocycles. The summed E-state index contributed by atoms with van der Waals surface area (Å²) >= 11 is 0. The number of rotatable bonds is 5. The minimum absolute atomic E-state index is 0.0632. The predicted octanol–water partition coefficient (Wildman–Crippen LogP) is -1.64. The van der Waals surface area contributed by atoms with E-state index in [-0.39, 0.29) is 35.1 Å². The maximum atomic E-state index is 11.9. The van der Waals surface area contributed by atoms with Crippen molar-refractivity contribution in [3.8, 4) is 11.8 Å². The summed E-state index contributed by atoms with van der Waals surface area (Å²) in [5.74, 6) is -0.462. The summed E-state index contributed by atoms with van der Waals surface area (Å²) in [5.41, 5.74) is 0.541. The van der Waals surface area contributed by atoms with Gasteiger partial charge in [0, 0.05) is 30.2 Å². The third-order valence-electron chi connectivity index (χ3n) is 3.36. The highest BCUT2D eigenvalue weighted by molar-refractivity contribution is 7.90. The Bertz CT molecular complexity index is 1180. The zero-order valence-electron chi connectivity index (χ0n) is 13.9. The van der Waals surface area contributed by atoms with Crippen molar-refractivity contribution in [1.29, 1.82) is 0 Å². The number of nitrogens with one attached hydrogen (secondary N) is 1. The summed E-state index contributed by atoms with van der Waals surface area (Å²) in [4.78, 5) is 14.5. The number of ether oxygens (including phenoxy) is 1. The van der Waals surface area contributed by atoms with Gasteiger partial charge < -0.3 is 14.9 Å². The smallest absolute Gasteiger partial charge is 0.252 e. The van der Waals surface area contributed by atoms with E-state index in [0.717, 1.165) is 6.26 Å². The van der Waals surface area contributed by atoms with Crippen molar-refractivity contribution in [1.82, 2.24) is 24.6 Å². The largest absolute Gasteiger partial charge is 0.494 e. The van der Waals surface area contributed by atoms with E-state index in [1.807, 2.05) is 0 Å². The summed E-state index contributed by atoms with van der Waals surface area (Å²) in [6.07, 6.45) is 3.91. The Hall–Kier alpha value is -2.99. The number of fused-ring (bicyclic) bond motifs is 1. The summed E-state index contributed by atoms with van der Waals surface area (Å²) < 4.78 is 30.0. The molecule has 0 radical (unpaired) electrons. The van der Waals surface area contributed by atoms with E-state index >= 15 is 0 Å². The van der Waals surface area contributed by atoms with Crippen molar-refractivity contribution >= 4 is 21.6 Å². The van der Waals surface area contributed by atoms with E-state index < -0.39 is 15.0 Å². The van der Waals surface area contributed by atoms with Crippen LogP contribution in [-0.4, -0.2) is 69.7 Å². The van der Waals surface area contributed by atoms with Crippen molar-refractivity contribution in [2.24, 2.45) is 4.99 Å². The fourth-order valence-corrected chi connectivity index (χ4v) is 2.69. The zero-order valence-corrected chi connectivity index (χ0v) is 14.7. The van der Waals surface area contributed by atoms with E-state index in [1.165, 1.54) is 30.0 Å². The number of methoxy groups -OCH3 is 1. The average molecular weight is 380 g/mol. The van der Waals surface area contributed by atoms with E-state index in [1.54, 1.807) is 0 Å². The van der Waals surface area contributed by atoms with Crippen LogP contribution in [0.3, 0.4) is 0 Å². The lowest BCUT2D eigenvalue weighted by molar-refractivity contribution is 0.207. The Labute approximate surface area is 147 Å². The third-order valence-corrected chi connectivity index (χ3v) is 4.21. The van der Waals surface area contributed by atoms with Crippen LogP contribution >= 0.6 is 0 Å². The fraction of sp³-hybridized carbons (Fsp3) is 0.286. The molecule has 0 saturated heterocycles. The molecule has 3 rings (SSSR count). The molecule has 11 nitrogen and oxygen atoms in total. The number of aromatic hydroxyl groups is 2. The topological polar surface area (TPSA) is 155 Å². The first-order valence-corrected chi connectivity index (χ1v) is 9.26. The van der Waals surface area contributed by atoms with Crippen molar-refractivity contribution in [2.45, 2.75) is 5.16 Å². The Kier molecular flexibility index (Phi) is 4.61. The lowest BCUT2D eigenvalue weighted by atomic mass is 10.2. The second-order valence-electron chi connectivity index (χ2n) is 5.39. The Morgan fingerprint density at radius 1 is 1.38 bits per heavy atom. The highest BCUT2D eigenvalue weighted by atomic mass is 32.2. The van der Waals surface area contributed by atoms with Gasteiger partial charge >= 0.3 is 0 Å². The molecule has 3 aromatic rings. The normalized spacial score (nSPS) is 13.8. The molecule has 0 amide bonds. The van der Waals surface area contributed by atoms with Crippen LogP contribution in [0, 0.1) is 0 Å². The molecule has 3 heterocycles. The zero-order chi connectivity index (χ0) is 18.9. The number of sulfone groups is 1. The molecule has 0 aliphatic rings. The number of aromatic nitrogens is 5. The van der Waals surface area contributed by atoms with Gasteiger partial charge in [-0.3, -0.25) is 4.98 Å². The minimum Gasteiger partial charge on any atom is -0.494 e. The summed E-state index contributed by atoms with van der Waals surface area (Å²) in [7, 11) is -2.16. The fourth-order valence-electron chi connectivity index (χ4n) is 2.19. The van der Waals surface area contributed by atoms with Gasteiger partial charge in [-0.05, 0) is 6.08 Å². The third kappa shape index (κ3) is 3.50. The van der Waals surface area contributed by atoms with Crippen LogP contribution in [0.1, 0.15) is 5.56 Å². The van der Waals surface area contributed by atoms with Gasteiger partial charge in [0.05, 0.1) is 19.3 Å². The summed E-state index contributed by atoms with van der Waals surface area (Å²) in [6, 6.07) is 1.31. The number of H-pyrrole nitrogens is 1. The monoisotopic (exact) mass is 380 g/mol. The molecule has 0 aromatic carbocycles. The highest BCUT2D eigenvalue weighted by Gasteiger charge is 2.15. The molecule has 3 N–H and O–H groups in total. The molecule has 12 heteroatoms. The van der Waals surface area contributed by atoms with Crippen LogP contribution in [0.5, 0.6) is 11.8 Å². The SMILES string of the molecule is COCCN=c1nc(S(C)(=O)=O)nc2c(=Cc3cc(O)[nH]c3O)cnn12. The van der Waals surface area contributed by atoms with Crippen molar-refractivity contribution in [2.75, 3.05) is 26.5 Å². The van der Waals surface area contributed by atoms with Crippen LogP contribution in [0.2, 0.25) is 0 Å². The standard InChI is InChI=1S/C14H16N6O5S/c1-25-4-3-15-13-19-14(26(2,23)24)18-11-9(7-16-20(11)13)5-8-6-10(21)17-12(8)22/h5-7,17,21-22H,3-4H2,1-2H3. The predicted molar refractivity (Wildman–Crippen MR) is 89.1 cm³/mol. The van der Waals surface area contributed by atoms with Gasteiger partial charge in [0.1, 0.15) is 0 Å². The second kappa shape index (κ2) is 6.72. The van der Waals surface area contributed by atoms with Gasteiger partial charge in [0.15, 0.2) is 17.4 Å². The first kappa shape index (κ1) is 17.8. The van der Waals surface area contributed by atoms with Crippen molar-refractivity contribution < 1.29 is 23.4 Å². The summed E-state index contributed by atoms with van der Waals surface area (Å²) in [5, 5.41) is 23.3. The van der Waals surface area contributed by atoms with Crippen LogP contribution < -0.4 is 10.8 Å². The van der Waals surface area contributed by atoms with Crippen molar-refractivity contribution in [3.05, 3.63) is 28.7 Å². The number of hydrogen-bond donors (Lipinski definition) is 3. The van der Waals surface area contributed by atoms with Gasteiger partial charge in [0.2, 0.25) is 9.84 Å². The molecule has 0 bridgehead atoms. The number of aromatic amines is 1. The first-order chi connectivity index (χ1) is 12.3. The molecule has 138 valence electrons. The van der Waals surface area contributed by atoms with E-state index in [2.05, 4.69) is 25.0 Å². The van der Waals surface area contributed by atoms with Crippen LogP contribution in [0.4, 0.5) is 0 Å². The quantitative estimate of drug-likeness (QED) is 0.445. The maximum absolute atomic E-state index is 11.9. The van der Waals surface area contributed by atoms with Gasteiger partial charge in [0.25, 0.3) is 10.8 Å². The van der Waals surface area contributed by atoms with E-state index in [9.17, 15) is 18.6 Å². The van der Waals surface area contributed by atoms with Crippen LogP contribution in [0.15, 0.2) is 22.4 Å². The van der Waals surface area contributed by atoms with Gasteiger partial charge in [-0.2, -0.15) is 19.6 Å². The lowest BCUT2D eigenvalue weighted by Crippen LogP contribution is -2.26. The molecule has 0 fully saturated rings. The van der Waals surface area contributed by atoms with Crippen molar-refractivity contribution in [3.63, 3.8) is 0 Å². The Morgan fingerprint density at radius 3 is 2.77 bits per heavy atom. The number of nitrogens with zero attached hydrogens (tertiary/aromatic N) is 5.